The van der Waals surface area contributed by atoms with Gasteiger partial charge in [-0.2, -0.15) is 0 Å². The van der Waals surface area contributed by atoms with Crippen molar-refractivity contribution in [3.05, 3.63) is 55.1 Å². The van der Waals surface area contributed by atoms with Gasteiger partial charge in [-0.25, -0.2) is 0 Å². The van der Waals surface area contributed by atoms with E-state index in [1.807, 2.05) is 24.3 Å². The van der Waals surface area contributed by atoms with Crippen molar-refractivity contribution in [2.24, 2.45) is 5.73 Å². The first-order valence-corrected chi connectivity index (χ1v) is 8.45. The second-order valence-corrected chi connectivity index (χ2v) is 7.34. The summed E-state index contributed by atoms with van der Waals surface area (Å²) in [4.78, 5) is 4.45. The molecule has 6 heteroatoms. The summed E-state index contributed by atoms with van der Waals surface area (Å²) in [5, 5.41) is 0. The SMILES string of the molecule is N[C@@H]1CC(c2ncc(Br)cc2Br)Oc2cc(Br)ccc21. The Morgan fingerprint density at radius 2 is 1.95 bits per heavy atom. The second kappa shape index (κ2) is 5.75. The Balaban J connectivity index is 1.98. The first kappa shape index (κ1) is 14.5. The largest absolute Gasteiger partial charge is 0.484 e. The van der Waals surface area contributed by atoms with Crippen LogP contribution in [0.5, 0.6) is 5.75 Å². The van der Waals surface area contributed by atoms with Crippen molar-refractivity contribution in [2.75, 3.05) is 0 Å². The lowest BCUT2D eigenvalue weighted by Gasteiger charge is -2.30. The normalized spacial score (nSPS) is 21.2. The van der Waals surface area contributed by atoms with Gasteiger partial charge in [-0.1, -0.05) is 22.0 Å². The van der Waals surface area contributed by atoms with E-state index in [2.05, 4.69) is 52.8 Å². The van der Waals surface area contributed by atoms with Gasteiger partial charge in [-0.3, -0.25) is 4.98 Å². The minimum absolute atomic E-state index is 0.0470. The number of nitrogens with two attached hydrogens (primary N) is 1. The van der Waals surface area contributed by atoms with Crippen molar-refractivity contribution in [2.45, 2.75) is 18.6 Å². The van der Waals surface area contributed by atoms with Crippen LogP contribution in [0.3, 0.4) is 0 Å². The lowest BCUT2D eigenvalue weighted by atomic mass is 9.96. The minimum Gasteiger partial charge on any atom is -0.484 e. The molecule has 2 N–H and O–H groups in total. The standard InChI is InChI=1S/C14H11Br3N2O/c15-7-1-2-9-11(18)5-13(20-12(9)4-7)14-10(17)3-8(16)6-19-14/h1-4,6,11,13H,5,18H2/t11-,13?/m1/s1. The highest BCUT2D eigenvalue weighted by atomic mass is 79.9. The zero-order valence-electron chi connectivity index (χ0n) is 10.3. The van der Waals surface area contributed by atoms with E-state index in [0.29, 0.717) is 6.42 Å². The van der Waals surface area contributed by atoms with Gasteiger partial charge < -0.3 is 10.5 Å². The van der Waals surface area contributed by atoms with Crippen LogP contribution in [-0.2, 0) is 0 Å². The molecular formula is C14H11Br3N2O. The molecule has 0 saturated heterocycles. The van der Waals surface area contributed by atoms with Crippen LogP contribution in [-0.4, -0.2) is 4.98 Å². The van der Waals surface area contributed by atoms with Gasteiger partial charge in [0.05, 0.1) is 5.69 Å². The van der Waals surface area contributed by atoms with E-state index in [4.69, 9.17) is 10.5 Å². The maximum absolute atomic E-state index is 6.26. The third-order valence-electron chi connectivity index (χ3n) is 3.25. The molecule has 0 amide bonds. The third kappa shape index (κ3) is 2.79. The van der Waals surface area contributed by atoms with Crippen LogP contribution in [0.1, 0.15) is 29.8 Å². The highest BCUT2D eigenvalue weighted by molar-refractivity contribution is 9.11. The van der Waals surface area contributed by atoms with Gasteiger partial charge in [0.25, 0.3) is 0 Å². The van der Waals surface area contributed by atoms with Crippen molar-refractivity contribution >= 4 is 47.8 Å². The fourth-order valence-electron chi connectivity index (χ4n) is 2.31. The zero-order valence-corrected chi connectivity index (χ0v) is 15.1. The molecule has 2 heterocycles. The van der Waals surface area contributed by atoms with Gasteiger partial charge >= 0.3 is 0 Å². The number of rotatable bonds is 1. The maximum atomic E-state index is 6.26. The number of hydrogen-bond donors (Lipinski definition) is 1. The van der Waals surface area contributed by atoms with Gasteiger partial charge in [-0.15, -0.1) is 0 Å². The number of halogens is 3. The summed E-state index contributed by atoms with van der Waals surface area (Å²) in [6, 6.07) is 7.86. The fourth-order valence-corrected chi connectivity index (χ4v) is 3.89. The molecule has 3 nitrogen and oxygen atoms in total. The molecule has 0 bridgehead atoms. The fraction of sp³-hybridized carbons (Fsp3) is 0.214. The summed E-state index contributed by atoms with van der Waals surface area (Å²) in [7, 11) is 0. The Kier molecular flexibility index (Phi) is 4.17. The summed E-state index contributed by atoms with van der Waals surface area (Å²) in [5.74, 6) is 0.819. The average molecular weight is 463 g/mol. The second-order valence-electron chi connectivity index (χ2n) is 4.65. The Bertz CT molecular complexity index is 663. The molecular weight excluding hydrogens is 452 g/mol. The number of aromatic nitrogens is 1. The van der Waals surface area contributed by atoms with Crippen molar-refractivity contribution in [1.82, 2.24) is 4.98 Å². The molecule has 1 unspecified atom stereocenters. The molecule has 0 radical (unpaired) electrons. The molecule has 20 heavy (non-hydrogen) atoms. The predicted molar refractivity (Wildman–Crippen MR) is 88.7 cm³/mol. The van der Waals surface area contributed by atoms with E-state index >= 15 is 0 Å². The smallest absolute Gasteiger partial charge is 0.143 e. The first-order valence-electron chi connectivity index (χ1n) is 6.07. The Morgan fingerprint density at radius 3 is 2.70 bits per heavy atom. The van der Waals surface area contributed by atoms with Gasteiger partial charge in [0.15, 0.2) is 0 Å². The number of nitrogens with zero attached hydrogens (tertiary/aromatic N) is 1. The molecule has 1 aromatic carbocycles. The van der Waals surface area contributed by atoms with Crippen LogP contribution in [0.4, 0.5) is 0 Å². The lowest BCUT2D eigenvalue weighted by molar-refractivity contribution is 0.156. The van der Waals surface area contributed by atoms with E-state index in [0.717, 1.165) is 30.4 Å². The average Bonchev–Trinajstić information content (AvgIpc) is 2.37. The molecule has 1 aliphatic rings. The molecule has 0 spiro atoms. The molecule has 0 saturated carbocycles. The molecule has 1 aromatic heterocycles. The number of pyridine rings is 1. The van der Waals surface area contributed by atoms with Crippen LogP contribution in [0.25, 0.3) is 0 Å². The number of benzene rings is 1. The van der Waals surface area contributed by atoms with Gasteiger partial charge in [-0.05, 0) is 50.1 Å². The Morgan fingerprint density at radius 1 is 1.15 bits per heavy atom. The van der Waals surface area contributed by atoms with Gasteiger partial charge in [0.2, 0.25) is 0 Å². The predicted octanol–water partition coefficient (Wildman–Crippen LogP) is 4.89. The molecule has 2 aromatic rings. The van der Waals surface area contributed by atoms with E-state index < -0.39 is 0 Å². The lowest BCUT2D eigenvalue weighted by Crippen LogP contribution is -2.25. The van der Waals surface area contributed by atoms with Crippen LogP contribution in [0, 0.1) is 0 Å². The highest BCUT2D eigenvalue weighted by Crippen LogP contribution is 2.42. The summed E-state index contributed by atoms with van der Waals surface area (Å²) < 4.78 is 8.90. The quantitative estimate of drug-likeness (QED) is 0.656. The van der Waals surface area contributed by atoms with Crippen molar-refractivity contribution in [1.29, 1.82) is 0 Å². The molecule has 0 fully saturated rings. The number of hydrogen-bond acceptors (Lipinski definition) is 3. The van der Waals surface area contributed by atoms with E-state index in [-0.39, 0.29) is 12.1 Å². The van der Waals surface area contributed by atoms with Crippen LogP contribution < -0.4 is 10.5 Å². The topological polar surface area (TPSA) is 48.1 Å². The van der Waals surface area contributed by atoms with Crippen LogP contribution in [0.2, 0.25) is 0 Å². The van der Waals surface area contributed by atoms with E-state index in [9.17, 15) is 0 Å². The molecule has 2 atom stereocenters. The first-order chi connectivity index (χ1) is 9.54. The summed E-state index contributed by atoms with van der Waals surface area (Å²) in [6.45, 7) is 0. The maximum Gasteiger partial charge on any atom is 0.143 e. The minimum atomic E-state index is -0.144. The van der Waals surface area contributed by atoms with E-state index in [1.165, 1.54) is 0 Å². The molecule has 0 aliphatic carbocycles. The Hall–Kier alpha value is -0.430. The van der Waals surface area contributed by atoms with Crippen LogP contribution in [0.15, 0.2) is 43.9 Å². The summed E-state index contributed by atoms with van der Waals surface area (Å²) in [6.07, 6.45) is 2.34. The monoisotopic (exact) mass is 460 g/mol. The van der Waals surface area contributed by atoms with Crippen molar-refractivity contribution in [3.8, 4) is 5.75 Å². The molecule has 1 aliphatic heterocycles. The number of fused-ring (bicyclic) bond motifs is 1. The summed E-state index contributed by atoms with van der Waals surface area (Å²) >= 11 is 10.4. The molecule has 104 valence electrons. The van der Waals surface area contributed by atoms with Crippen LogP contribution >= 0.6 is 47.8 Å². The summed E-state index contributed by atoms with van der Waals surface area (Å²) in [5.41, 5.74) is 8.17. The van der Waals surface area contributed by atoms with Crippen molar-refractivity contribution in [3.63, 3.8) is 0 Å². The third-order valence-corrected chi connectivity index (χ3v) is 4.82. The van der Waals surface area contributed by atoms with E-state index in [1.54, 1.807) is 6.20 Å². The highest BCUT2D eigenvalue weighted by Gasteiger charge is 2.29. The zero-order chi connectivity index (χ0) is 14.3. The van der Waals surface area contributed by atoms with Gasteiger partial charge in [0, 0.05) is 37.6 Å². The van der Waals surface area contributed by atoms with Gasteiger partial charge in [0.1, 0.15) is 11.9 Å². The number of ether oxygens (including phenoxy) is 1. The van der Waals surface area contributed by atoms with Crippen molar-refractivity contribution < 1.29 is 4.74 Å². The Labute approximate surface area is 142 Å². The molecule has 3 rings (SSSR count).